The highest BCUT2D eigenvalue weighted by atomic mass is 79.9. The summed E-state index contributed by atoms with van der Waals surface area (Å²) in [6, 6.07) is 4.38. The van der Waals surface area contributed by atoms with E-state index in [0.29, 0.717) is 12.0 Å². The zero-order valence-electron chi connectivity index (χ0n) is 10.7. The van der Waals surface area contributed by atoms with Gasteiger partial charge in [0.05, 0.1) is 0 Å². The lowest BCUT2D eigenvalue weighted by atomic mass is 9.72. The number of hydrogen-bond acceptors (Lipinski definition) is 3. The fourth-order valence-corrected chi connectivity index (χ4v) is 3.55. The van der Waals surface area contributed by atoms with E-state index >= 15 is 0 Å². The quantitative estimate of drug-likeness (QED) is 0.820. The summed E-state index contributed by atoms with van der Waals surface area (Å²) in [5.74, 6) is 0.837. The number of fused-ring (bicyclic) bond motifs is 1. The molecule has 2 heterocycles. The number of nitrogens with one attached hydrogen (secondary N) is 2. The summed E-state index contributed by atoms with van der Waals surface area (Å²) >= 11 is 3.35. The number of amides is 1. The first kappa shape index (κ1) is 13.1. The molecule has 0 aromatic carbocycles. The zero-order valence-corrected chi connectivity index (χ0v) is 12.3. The summed E-state index contributed by atoms with van der Waals surface area (Å²) in [5, 5.41) is 0. The van der Waals surface area contributed by atoms with Gasteiger partial charge in [0.1, 0.15) is 4.60 Å². The van der Waals surface area contributed by atoms with Gasteiger partial charge in [-0.2, -0.15) is 0 Å². The molecule has 1 aromatic rings. The fraction of sp³-hybridized carbons (Fsp3) is 0.571. The summed E-state index contributed by atoms with van der Waals surface area (Å²) in [6.45, 7) is 0. The van der Waals surface area contributed by atoms with Crippen LogP contribution in [0.3, 0.4) is 0 Å². The second kappa shape index (κ2) is 5.59. The summed E-state index contributed by atoms with van der Waals surface area (Å²) in [6.07, 6.45) is 7.43. The van der Waals surface area contributed by atoms with Crippen molar-refractivity contribution in [3.8, 4) is 0 Å². The molecular weight excluding hydrogens is 306 g/mol. The Labute approximate surface area is 121 Å². The third-order valence-electron chi connectivity index (χ3n) is 4.30. The number of aromatic nitrogens is 1. The van der Waals surface area contributed by atoms with Crippen LogP contribution in [-0.4, -0.2) is 16.9 Å². The highest BCUT2D eigenvalue weighted by molar-refractivity contribution is 9.10. The smallest absolute Gasteiger partial charge is 0.237 e. The van der Waals surface area contributed by atoms with Crippen LogP contribution in [0.1, 0.15) is 31.2 Å². The van der Waals surface area contributed by atoms with E-state index in [0.717, 1.165) is 23.9 Å². The second-order valence-electron chi connectivity index (χ2n) is 5.49. The molecule has 0 radical (unpaired) electrons. The average molecular weight is 324 g/mol. The first-order chi connectivity index (χ1) is 9.24. The molecule has 1 saturated carbocycles. The Hall–Kier alpha value is -0.940. The Kier molecular flexibility index (Phi) is 3.84. The van der Waals surface area contributed by atoms with Crippen molar-refractivity contribution < 1.29 is 4.79 Å². The van der Waals surface area contributed by atoms with Crippen LogP contribution in [0.25, 0.3) is 0 Å². The Bertz CT molecular complexity index is 462. The molecule has 3 rings (SSSR count). The molecule has 1 saturated heterocycles. The third kappa shape index (κ3) is 2.82. The van der Waals surface area contributed by atoms with Gasteiger partial charge in [0.25, 0.3) is 0 Å². The minimum Gasteiger partial charge on any atom is -0.291 e. The van der Waals surface area contributed by atoms with Gasteiger partial charge in [0.2, 0.25) is 5.91 Å². The van der Waals surface area contributed by atoms with E-state index in [1.54, 1.807) is 0 Å². The maximum absolute atomic E-state index is 11.9. The van der Waals surface area contributed by atoms with Crippen molar-refractivity contribution in [2.75, 3.05) is 0 Å². The van der Waals surface area contributed by atoms with Crippen LogP contribution in [0, 0.1) is 11.8 Å². The Morgan fingerprint density at radius 3 is 2.95 bits per heavy atom. The number of halogens is 1. The van der Waals surface area contributed by atoms with Crippen LogP contribution in [0.2, 0.25) is 0 Å². The van der Waals surface area contributed by atoms with Crippen molar-refractivity contribution >= 4 is 21.8 Å². The number of pyridine rings is 1. The van der Waals surface area contributed by atoms with E-state index in [-0.39, 0.29) is 11.8 Å². The molecule has 1 aliphatic heterocycles. The monoisotopic (exact) mass is 323 g/mol. The number of rotatable bonds is 2. The van der Waals surface area contributed by atoms with Gasteiger partial charge >= 0.3 is 0 Å². The van der Waals surface area contributed by atoms with Crippen LogP contribution in [0.4, 0.5) is 0 Å². The molecule has 102 valence electrons. The van der Waals surface area contributed by atoms with Gasteiger partial charge in [-0.1, -0.05) is 18.9 Å². The highest BCUT2D eigenvalue weighted by Crippen LogP contribution is 2.35. The number of carbonyl (C=O) groups excluding carboxylic acids is 1. The van der Waals surface area contributed by atoms with Crippen molar-refractivity contribution in [3.63, 3.8) is 0 Å². The predicted octanol–water partition coefficient (Wildman–Crippen LogP) is 2.20. The average Bonchev–Trinajstić information content (AvgIpc) is 2.45. The molecule has 5 heteroatoms. The van der Waals surface area contributed by atoms with E-state index in [1.165, 1.54) is 18.4 Å². The van der Waals surface area contributed by atoms with Gasteiger partial charge in [-0.3, -0.25) is 10.2 Å². The molecule has 2 N–H and O–H groups in total. The number of hydrogen-bond donors (Lipinski definition) is 2. The topological polar surface area (TPSA) is 54.0 Å². The maximum atomic E-state index is 11.9. The molecule has 1 aliphatic carbocycles. The van der Waals surface area contributed by atoms with Gasteiger partial charge in [-0.05, 0) is 52.7 Å². The molecule has 2 fully saturated rings. The lowest BCUT2D eigenvalue weighted by Gasteiger charge is -2.41. The van der Waals surface area contributed by atoms with E-state index < -0.39 is 0 Å². The zero-order chi connectivity index (χ0) is 13.2. The lowest BCUT2D eigenvalue weighted by molar-refractivity contribution is -0.133. The van der Waals surface area contributed by atoms with Gasteiger partial charge in [0, 0.05) is 18.2 Å². The molecular formula is C14H18BrN3O. The molecule has 2 aliphatic rings. The molecule has 0 spiro atoms. The van der Waals surface area contributed by atoms with E-state index in [2.05, 4.69) is 37.8 Å². The summed E-state index contributed by atoms with van der Waals surface area (Å²) in [4.78, 5) is 16.1. The summed E-state index contributed by atoms with van der Waals surface area (Å²) in [5.41, 5.74) is 7.25. The maximum Gasteiger partial charge on any atom is 0.237 e. The van der Waals surface area contributed by atoms with Crippen LogP contribution in [-0.2, 0) is 11.2 Å². The molecule has 19 heavy (non-hydrogen) atoms. The van der Waals surface area contributed by atoms with Crippen molar-refractivity contribution in [2.45, 2.75) is 38.1 Å². The predicted molar refractivity (Wildman–Crippen MR) is 76.2 cm³/mol. The standard InChI is InChI=1S/C14H18BrN3O/c15-13-6-5-9(8-16-13)7-12-10-3-1-2-4-11(10)14(19)18-17-12/h5-6,8,10-12,17H,1-4,7H2,(H,18,19). The van der Waals surface area contributed by atoms with E-state index in [9.17, 15) is 4.79 Å². The lowest BCUT2D eigenvalue weighted by Crippen LogP contribution is -2.60. The van der Waals surface area contributed by atoms with Crippen LogP contribution in [0.15, 0.2) is 22.9 Å². The minimum absolute atomic E-state index is 0.176. The largest absolute Gasteiger partial charge is 0.291 e. The van der Waals surface area contributed by atoms with Crippen molar-refractivity contribution in [1.29, 1.82) is 0 Å². The fourth-order valence-electron chi connectivity index (χ4n) is 3.31. The molecule has 1 amide bonds. The van der Waals surface area contributed by atoms with Gasteiger partial charge in [0.15, 0.2) is 0 Å². The molecule has 0 bridgehead atoms. The molecule has 1 aromatic heterocycles. The number of carbonyl (C=O) groups is 1. The molecule has 3 atom stereocenters. The van der Waals surface area contributed by atoms with Gasteiger partial charge in [-0.25, -0.2) is 10.4 Å². The first-order valence-electron chi connectivity index (χ1n) is 6.90. The van der Waals surface area contributed by atoms with Gasteiger partial charge < -0.3 is 0 Å². The Balaban J connectivity index is 1.73. The van der Waals surface area contributed by atoms with E-state index in [1.807, 2.05) is 12.3 Å². The Morgan fingerprint density at radius 1 is 1.32 bits per heavy atom. The van der Waals surface area contributed by atoms with E-state index in [4.69, 9.17) is 0 Å². The van der Waals surface area contributed by atoms with Gasteiger partial charge in [-0.15, -0.1) is 0 Å². The SMILES string of the molecule is O=C1NNC(Cc2ccc(Br)nc2)C2CCCCC12. The van der Waals surface area contributed by atoms with Crippen molar-refractivity contribution in [2.24, 2.45) is 11.8 Å². The van der Waals surface area contributed by atoms with Crippen LogP contribution >= 0.6 is 15.9 Å². The minimum atomic E-state index is 0.176. The molecule has 4 nitrogen and oxygen atoms in total. The molecule has 3 unspecified atom stereocenters. The van der Waals surface area contributed by atoms with Crippen molar-refractivity contribution in [1.82, 2.24) is 15.8 Å². The Morgan fingerprint density at radius 2 is 2.16 bits per heavy atom. The van der Waals surface area contributed by atoms with Crippen molar-refractivity contribution in [3.05, 3.63) is 28.5 Å². The first-order valence-corrected chi connectivity index (χ1v) is 7.69. The summed E-state index contributed by atoms with van der Waals surface area (Å²) < 4.78 is 0.858. The third-order valence-corrected chi connectivity index (χ3v) is 4.77. The summed E-state index contributed by atoms with van der Waals surface area (Å²) in [7, 11) is 0. The second-order valence-corrected chi connectivity index (χ2v) is 6.30. The highest BCUT2D eigenvalue weighted by Gasteiger charge is 2.39. The normalized spacial score (nSPS) is 30.6. The number of hydrazine groups is 1. The number of nitrogens with zero attached hydrogens (tertiary/aromatic N) is 1. The van der Waals surface area contributed by atoms with Crippen LogP contribution < -0.4 is 10.9 Å². The van der Waals surface area contributed by atoms with Crippen LogP contribution in [0.5, 0.6) is 0 Å².